The molecule has 0 saturated carbocycles. The van der Waals surface area contributed by atoms with E-state index in [0.717, 1.165) is 8.66 Å². The summed E-state index contributed by atoms with van der Waals surface area (Å²) in [5.74, 6) is -3.04. The molecule has 0 saturated heterocycles. The van der Waals surface area contributed by atoms with E-state index in [4.69, 9.17) is 10.2 Å². The van der Waals surface area contributed by atoms with E-state index >= 15 is 0 Å². The molecule has 0 aliphatic rings. The Hall–Kier alpha value is -0.920. The Morgan fingerprint density at radius 2 is 2.11 bits per heavy atom. The predicted molar refractivity (Wildman–Crippen MR) is 71.7 cm³/mol. The van der Waals surface area contributed by atoms with Crippen molar-refractivity contribution in [2.24, 2.45) is 5.92 Å². The van der Waals surface area contributed by atoms with E-state index < -0.39 is 17.9 Å². The number of rotatable bonds is 7. The average molecular weight is 336 g/mol. The molecule has 7 heteroatoms. The molecular formula is C11H14BrNO4S. The number of carboxylic acids is 2. The van der Waals surface area contributed by atoms with Crippen LogP contribution in [0.25, 0.3) is 0 Å². The summed E-state index contributed by atoms with van der Waals surface area (Å²) in [4.78, 5) is 24.4. The molecule has 1 rings (SSSR count). The van der Waals surface area contributed by atoms with Gasteiger partial charge >= 0.3 is 11.9 Å². The second-order valence-corrected chi connectivity index (χ2v) is 6.58. The van der Waals surface area contributed by atoms with Crippen molar-refractivity contribution < 1.29 is 19.8 Å². The van der Waals surface area contributed by atoms with Gasteiger partial charge in [0.05, 0.1) is 16.1 Å². The van der Waals surface area contributed by atoms with Gasteiger partial charge in [0.15, 0.2) is 0 Å². The van der Waals surface area contributed by atoms with Crippen LogP contribution in [0.1, 0.15) is 11.3 Å². The number of halogens is 1. The summed E-state index contributed by atoms with van der Waals surface area (Å²) in [6.45, 7) is 0.830. The second-order valence-electron chi connectivity index (χ2n) is 4.04. The van der Waals surface area contributed by atoms with Crippen LogP contribution in [0.4, 0.5) is 0 Å². The Bertz CT molecular complexity index is 434. The van der Waals surface area contributed by atoms with Gasteiger partial charge in [0, 0.05) is 18.0 Å². The van der Waals surface area contributed by atoms with E-state index in [1.165, 1.54) is 0 Å². The molecule has 1 unspecified atom stereocenters. The number of hydrogen-bond donors (Lipinski definition) is 2. The van der Waals surface area contributed by atoms with Crippen molar-refractivity contribution in [2.75, 3.05) is 13.6 Å². The molecule has 0 aliphatic carbocycles. The van der Waals surface area contributed by atoms with Gasteiger partial charge in [0.1, 0.15) is 0 Å². The summed E-state index contributed by atoms with van der Waals surface area (Å²) >= 11 is 4.93. The van der Waals surface area contributed by atoms with E-state index in [-0.39, 0.29) is 13.0 Å². The van der Waals surface area contributed by atoms with Crippen LogP contribution < -0.4 is 0 Å². The molecule has 100 valence electrons. The fourth-order valence-corrected chi connectivity index (χ4v) is 3.15. The van der Waals surface area contributed by atoms with E-state index in [1.807, 2.05) is 17.0 Å². The van der Waals surface area contributed by atoms with Gasteiger partial charge in [0.2, 0.25) is 0 Å². The van der Waals surface area contributed by atoms with Crippen LogP contribution in [0.3, 0.4) is 0 Å². The van der Waals surface area contributed by atoms with E-state index in [9.17, 15) is 9.59 Å². The first-order valence-electron chi connectivity index (χ1n) is 5.26. The van der Waals surface area contributed by atoms with Crippen LogP contribution in [0.5, 0.6) is 0 Å². The Labute approximate surface area is 117 Å². The summed E-state index contributed by atoms with van der Waals surface area (Å²) < 4.78 is 1.02. The molecule has 1 heterocycles. The molecule has 1 atom stereocenters. The fourth-order valence-electron chi connectivity index (χ4n) is 1.58. The van der Waals surface area contributed by atoms with Gasteiger partial charge < -0.3 is 15.1 Å². The Morgan fingerprint density at radius 1 is 1.44 bits per heavy atom. The molecule has 18 heavy (non-hydrogen) atoms. The van der Waals surface area contributed by atoms with Crippen molar-refractivity contribution in [2.45, 2.75) is 13.0 Å². The van der Waals surface area contributed by atoms with E-state index in [2.05, 4.69) is 15.9 Å². The number of hydrogen-bond acceptors (Lipinski definition) is 4. The van der Waals surface area contributed by atoms with E-state index in [1.54, 1.807) is 18.4 Å². The molecule has 0 radical (unpaired) electrons. The third kappa shape index (κ3) is 5.16. The van der Waals surface area contributed by atoms with Crippen LogP contribution in [-0.4, -0.2) is 40.6 Å². The maximum atomic E-state index is 10.9. The smallest absolute Gasteiger partial charge is 0.308 e. The van der Waals surface area contributed by atoms with Gasteiger partial charge in [-0.2, -0.15) is 0 Å². The van der Waals surface area contributed by atoms with Gasteiger partial charge in [-0.05, 0) is 35.1 Å². The van der Waals surface area contributed by atoms with Gasteiger partial charge in [-0.25, -0.2) is 0 Å². The topological polar surface area (TPSA) is 77.8 Å². The van der Waals surface area contributed by atoms with Crippen molar-refractivity contribution in [1.29, 1.82) is 0 Å². The monoisotopic (exact) mass is 335 g/mol. The van der Waals surface area contributed by atoms with Crippen LogP contribution >= 0.6 is 27.3 Å². The fraction of sp³-hybridized carbons (Fsp3) is 0.455. The van der Waals surface area contributed by atoms with Gasteiger partial charge in [-0.3, -0.25) is 9.59 Å². The van der Waals surface area contributed by atoms with Crippen molar-refractivity contribution >= 4 is 39.2 Å². The molecule has 5 nitrogen and oxygen atoms in total. The quantitative estimate of drug-likeness (QED) is 0.797. The first-order chi connectivity index (χ1) is 8.38. The molecule has 0 amide bonds. The second kappa shape index (κ2) is 6.86. The molecule has 1 aromatic rings. The Morgan fingerprint density at radius 3 is 2.56 bits per heavy atom. The van der Waals surface area contributed by atoms with Crippen molar-refractivity contribution in [3.63, 3.8) is 0 Å². The minimum Gasteiger partial charge on any atom is -0.481 e. The third-order valence-corrected chi connectivity index (χ3v) is 3.97. The minimum absolute atomic E-state index is 0.219. The summed E-state index contributed by atoms with van der Waals surface area (Å²) in [6, 6.07) is 3.89. The van der Waals surface area contributed by atoms with Crippen molar-refractivity contribution in [3.05, 3.63) is 20.8 Å². The normalized spacial score (nSPS) is 12.6. The van der Waals surface area contributed by atoms with E-state index in [0.29, 0.717) is 6.54 Å². The highest BCUT2D eigenvalue weighted by molar-refractivity contribution is 9.11. The summed E-state index contributed by atoms with van der Waals surface area (Å²) in [5.41, 5.74) is 0. The molecule has 0 spiro atoms. The number of carboxylic acid groups (broad SMARTS) is 2. The Kier molecular flexibility index (Phi) is 5.77. The van der Waals surface area contributed by atoms with Crippen molar-refractivity contribution in [1.82, 2.24) is 4.90 Å². The largest absolute Gasteiger partial charge is 0.481 e. The van der Waals surface area contributed by atoms with Crippen LogP contribution in [0.15, 0.2) is 15.9 Å². The maximum Gasteiger partial charge on any atom is 0.308 e. The molecule has 0 aromatic carbocycles. The number of nitrogens with zero attached hydrogens (tertiary/aromatic N) is 1. The van der Waals surface area contributed by atoms with Gasteiger partial charge in [-0.1, -0.05) is 0 Å². The van der Waals surface area contributed by atoms with Crippen molar-refractivity contribution in [3.8, 4) is 0 Å². The highest BCUT2D eigenvalue weighted by Gasteiger charge is 2.22. The molecular weight excluding hydrogens is 322 g/mol. The lowest BCUT2D eigenvalue weighted by Crippen LogP contribution is -2.31. The highest BCUT2D eigenvalue weighted by atomic mass is 79.9. The standard InChI is InChI=1S/C11H14BrNO4S/c1-13(6-8-2-3-9(12)18-8)5-7(11(16)17)4-10(14)15/h2-3,7H,4-6H2,1H3,(H,14,15)(H,16,17). The Balaban J connectivity index is 2.53. The first kappa shape index (κ1) is 15.1. The lowest BCUT2D eigenvalue weighted by Gasteiger charge is -2.19. The number of carbonyl (C=O) groups is 2. The summed E-state index contributed by atoms with van der Waals surface area (Å²) in [6.07, 6.45) is -0.353. The lowest BCUT2D eigenvalue weighted by molar-refractivity contribution is -0.148. The first-order valence-corrected chi connectivity index (χ1v) is 6.86. The zero-order chi connectivity index (χ0) is 13.7. The number of thiophene rings is 1. The predicted octanol–water partition coefficient (Wildman–Crippen LogP) is 2.12. The van der Waals surface area contributed by atoms with Gasteiger partial charge in [-0.15, -0.1) is 11.3 Å². The summed E-state index contributed by atoms with van der Waals surface area (Å²) in [5, 5.41) is 17.6. The molecule has 0 aliphatic heterocycles. The van der Waals surface area contributed by atoms with Crippen LogP contribution in [-0.2, 0) is 16.1 Å². The molecule has 2 N–H and O–H groups in total. The van der Waals surface area contributed by atoms with Crippen LogP contribution in [0.2, 0.25) is 0 Å². The number of aliphatic carboxylic acids is 2. The lowest BCUT2D eigenvalue weighted by atomic mass is 10.1. The molecule has 0 bridgehead atoms. The average Bonchev–Trinajstić information content (AvgIpc) is 2.62. The zero-order valence-corrected chi connectivity index (χ0v) is 12.2. The SMILES string of the molecule is CN(Cc1ccc(Br)s1)CC(CC(=O)O)C(=O)O. The van der Waals surface area contributed by atoms with Crippen LogP contribution in [0, 0.1) is 5.92 Å². The molecule has 0 fully saturated rings. The molecule has 1 aromatic heterocycles. The summed E-state index contributed by atoms with van der Waals surface area (Å²) in [7, 11) is 1.78. The zero-order valence-electron chi connectivity index (χ0n) is 9.80. The van der Waals surface area contributed by atoms with Gasteiger partial charge in [0.25, 0.3) is 0 Å². The third-order valence-electron chi connectivity index (χ3n) is 2.36. The maximum absolute atomic E-state index is 10.9. The minimum atomic E-state index is -1.09. The highest BCUT2D eigenvalue weighted by Crippen LogP contribution is 2.23.